The van der Waals surface area contributed by atoms with E-state index in [1.165, 1.54) is 10.4 Å². The van der Waals surface area contributed by atoms with E-state index in [2.05, 4.69) is 56.1 Å². The number of benzene rings is 1. The molecule has 1 unspecified atom stereocenters. The first-order valence-electron chi connectivity index (χ1n) is 5.77. The second-order valence-corrected chi connectivity index (χ2v) is 7.76. The van der Waals surface area contributed by atoms with Crippen molar-refractivity contribution in [3.63, 3.8) is 0 Å². The van der Waals surface area contributed by atoms with Gasteiger partial charge in [-0.05, 0) is 64.5 Å². The monoisotopic (exact) mass is 388 g/mol. The molecule has 2 aromatic rings. The minimum absolute atomic E-state index is 0.224. The number of rotatable bonds is 5. The van der Waals surface area contributed by atoms with Crippen LogP contribution in [0, 0.1) is 5.92 Å². The maximum absolute atomic E-state index is 9.51. The van der Waals surface area contributed by atoms with Gasteiger partial charge in [0, 0.05) is 16.0 Å². The van der Waals surface area contributed by atoms with Gasteiger partial charge in [-0.25, -0.2) is 0 Å². The van der Waals surface area contributed by atoms with Crippen LogP contribution in [0.3, 0.4) is 0 Å². The highest BCUT2D eigenvalue weighted by Crippen LogP contribution is 2.25. The normalized spacial score (nSPS) is 12.6. The van der Waals surface area contributed by atoms with E-state index in [1.807, 2.05) is 12.1 Å². The molecule has 1 nitrogen and oxygen atoms in total. The largest absolute Gasteiger partial charge is 0.396 e. The van der Waals surface area contributed by atoms with Crippen LogP contribution in [0.1, 0.15) is 10.4 Å². The highest BCUT2D eigenvalue weighted by atomic mass is 79.9. The molecule has 4 heteroatoms. The molecule has 0 fully saturated rings. The number of hydrogen-bond donors (Lipinski definition) is 1. The molecule has 0 aliphatic heterocycles. The Bertz CT molecular complexity index is 510. The predicted octanol–water partition coefficient (Wildman–Crippen LogP) is 4.67. The van der Waals surface area contributed by atoms with Gasteiger partial charge in [0.1, 0.15) is 0 Å². The van der Waals surface area contributed by atoms with E-state index in [0.29, 0.717) is 0 Å². The molecule has 0 aliphatic carbocycles. The lowest BCUT2D eigenvalue weighted by molar-refractivity contribution is 0.225. The topological polar surface area (TPSA) is 20.2 Å². The Morgan fingerprint density at radius 1 is 1.11 bits per heavy atom. The summed E-state index contributed by atoms with van der Waals surface area (Å²) in [4.78, 5) is 1.32. The fraction of sp³-hybridized carbons (Fsp3) is 0.286. The molecule has 18 heavy (non-hydrogen) atoms. The van der Waals surface area contributed by atoms with Gasteiger partial charge in [0.25, 0.3) is 0 Å². The number of halogens is 2. The standard InChI is InChI=1S/C14H14Br2OS/c15-12-3-1-2-10(7-12)6-11(9-17)8-13-4-5-14(16)18-13/h1-5,7,11,17H,6,8-9H2. The van der Waals surface area contributed by atoms with E-state index >= 15 is 0 Å². The van der Waals surface area contributed by atoms with Crippen LogP contribution in [0.4, 0.5) is 0 Å². The van der Waals surface area contributed by atoms with Gasteiger partial charge in [-0.3, -0.25) is 0 Å². The Kier molecular flexibility index (Phi) is 5.42. The third-order valence-electron chi connectivity index (χ3n) is 2.79. The average molecular weight is 390 g/mol. The van der Waals surface area contributed by atoms with Crippen molar-refractivity contribution in [3.8, 4) is 0 Å². The summed E-state index contributed by atoms with van der Waals surface area (Å²) in [5.74, 6) is 0.282. The molecular weight excluding hydrogens is 376 g/mol. The van der Waals surface area contributed by atoms with Gasteiger partial charge in [-0.1, -0.05) is 28.1 Å². The highest BCUT2D eigenvalue weighted by Gasteiger charge is 2.11. The first kappa shape index (κ1) is 14.3. The Balaban J connectivity index is 2.01. The summed E-state index contributed by atoms with van der Waals surface area (Å²) in [6.45, 7) is 0.224. The molecule has 0 bridgehead atoms. The first-order valence-corrected chi connectivity index (χ1v) is 8.17. The fourth-order valence-electron chi connectivity index (χ4n) is 1.94. The molecule has 1 aromatic heterocycles. The number of aliphatic hydroxyl groups excluding tert-OH is 1. The summed E-state index contributed by atoms with van der Waals surface area (Å²) in [5, 5.41) is 9.51. The second-order valence-electron chi connectivity index (χ2n) is 4.29. The van der Waals surface area contributed by atoms with Gasteiger partial charge in [-0.2, -0.15) is 0 Å². The second kappa shape index (κ2) is 6.85. The van der Waals surface area contributed by atoms with Crippen molar-refractivity contribution >= 4 is 43.2 Å². The SMILES string of the molecule is OCC(Cc1cccc(Br)c1)Cc1ccc(Br)s1. The third-order valence-corrected chi connectivity index (χ3v) is 4.93. The Morgan fingerprint density at radius 2 is 1.94 bits per heavy atom. The number of hydrogen-bond acceptors (Lipinski definition) is 2. The maximum atomic E-state index is 9.51. The van der Waals surface area contributed by atoms with Crippen molar-refractivity contribution in [2.75, 3.05) is 6.61 Å². The molecule has 0 radical (unpaired) electrons. The maximum Gasteiger partial charge on any atom is 0.0701 e. The van der Waals surface area contributed by atoms with E-state index in [-0.39, 0.29) is 12.5 Å². The van der Waals surface area contributed by atoms with E-state index in [9.17, 15) is 5.11 Å². The van der Waals surface area contributed by atoms with Crippen LogP contribution >= 0.6 is 43.2 Å². The fourth-order valence-corrected chi connectivity index (χ4v) is 3.99. The number of aliphatic hydroxyl groups is 1. The zero-order valence-electron chi connectivity index (χ0n) is 9.77. The molecule has 1 atom stereocenters. The first-order chi connectivity index (χ1) is 8.67. The molecule has 0 saturated carbocycles. The van der Waals surface area contributed by atoms with E-state index in [0.717, 1.165) is 21.1 Å². The van der Waals surface area contributed by atoms with E-state index < -0.39 is 0 Å². The molecule has 0 amide bonds. The van der Waals surface area contributed by atoms with Crippen molar-refractivity contribution in [1.29, 1.82) is 0 Å². The molecule has 1 N–H and O–H groups in total. The zero-order chi connectivity index (χ0) is 13.0. The summed E-state index contributed by atoms with van der Waals surface area (Å²) in [6.07, 6.45) is 1.84. The van der Waals surface area contributed by atoms with Crippen LogP contribution < -0.4 is 0 Å². The molecule has 0 aliphatic rings. The molecule has 0 spiro atoms. The Hall–Kier alpha value is -0.160. The van der Waals surface area contributed by atoms with Crippen molar-refractivity contribution in [2.45, 2.75) is 12.8 Å². The van der Waals surface area contributed by atoms with Gasteiger partial charge in [-0.15, -0.1) is 11.3 Å². The lowest BCUT2D eigenvalue weighted by Gasteiger charge is -2.13. The van der Waals surface area contributed by atoms with Crippen molar-refractivity contribution in [3.05, 3.63) is 55.1 Å². The van der Waals surface area contributed by atoms with Crippen LogP contribution in [0.5, 0.6) is 0 Å². The van der Waals surface area contributed by atoms with Gasteiger partial charge in [0.05, 0.1) is 3.79 Å². The quantitative estimate of drug-likeness (QED) is 0.787. The van der Waals surface area contributed by atoms with Crippen molar-refractivity contribution < 1.29 is 5.11 Å². The molecule has 96 valence electrons. The van der Waals surface area contributed by atoms with E-state index in [1.54, 1.807) is 11.3 Å². The molecule has 0 saturated heterocycles. The van der Waals surface area contributed by atoms with Gasteiger partial charge in [0.15, 0.2) is 0 Å². The molecule has 1 aromatic carbocycles. The predicted molar refractivity (Wildman–Crippen MR) is 84.1 cm³/mol. The van der Waals surface area contributed by atoms with Crippen molar-refractivity contribution in [1.82, 2.24) is 0 Å². The molecule has 1 heterocycles. The minimum atomic E-state index is 0.224. The smallest absolute Gasteiger partial charge is 0.0701 e. The lowest BCUT2D eigenvalue weighted by atomic mass is 9.96. The summed E-state index contributed by atoms with van der Waals surface area (Å²) < 4.78 is 2.24. The zero-order valence-corrected chi connectivity index (χ0v) is 13.8. The van der Waals surface area contributed by atoms with Crippen LogP contribution in [0.2, 0.25) is 0 Å². The van der Waals surface area contributed by atoms with Crippen LogP contribution in [-0.4, -0.2) is 11.7 Å². The molecule has 2 rings (SSSR count). The van der Waals surface area contributed by atoms with Gasteiger partial charge >= 0.3 is 0 Å². The summed E-state index contributed by atoms with van der Waals surface area (Å²) in [5.41, 5.74) is 1.26. The third kappa shape index (κ3) is 4.19. The lowest BCUT2D eigenvalue weighted by Crippen LogP contribution is -2.12. The number of thiophene rings is 1. The highest BCUT2D eigenvalue weighted by molar-refractivity contribution is 9.11. The van der Waals surface area contributed by atoms with Crippen LogP contribution in [-0.2, 0) is 12.8 Å². The Labute approximate surface area is 128 Å². The van der Waals surface area contributed by atoms with Crippen LogP contribution in [0.25, 0.3) is 0 Å². The Morgan fingerprint density at radius 3 is 2.56 bits per heavy atom. The van der Waals surface area contributed by atoms with Crippen LogP contribution in [0.15, 0.2) is 44.7 Å². The van der Waals surface area contributed by atoms with Gasteiger partial charge in [0.2, 0.25) is 0 Å². The van der Waals surface area contributed by atoms with E-state index in [4.69, 9.17) is 0 Å². The summed E-state index contributed by atoms with van der Waals surface area (Å²) >= 11 is 8.69. The average Bonchev–Trinajstić information content (AvgIpc) is 2.74. The summed E-state index contributed by atoms with van der Waals surface area (Å²) in [7, 11) is 0. The van der Waals surface area contributed by atoms with Crippen molar-refractivity contribution in [2.24, 2.45) is 5.92 Å². The minimum Gasteiger partial charge on any atom is -0.396 e. The molecular formula is C14H14Br2OS. The summed E-state index contributed by atoms with van der Waals surface area (Å²) in [6, 6.07) is 12.5. The van der Waals surface area contributed by atoms with Gasteiger partial charge < -0.3 is 5.11 Å².